The number of sulfone groups is 1. The lowest BCUT2D eigenvalue weighted by molar-refractivity contribution is 0.601. The maximum atomic E-state index is 11.4. The molecule has 0 heterocycles. The van der Waals surface area contributed by atoms with Crippen molar-refractivity contribution in [3.63, 3.8) is 0 Å². The average Bonchev–Trinajstić information content (AvgIpc) is 2.15. The lowest BCUT2D eigenvalue weighted by Crippen LogP contribution is -2.01. The summed E-state index contributed by atoms with van der Waals surface area (Å²) >= 11 is 0. The van der Waals surface area contributed by atoms with E-state index in [-0.39, 0.29) is 0 Å². The highest BCUT2D eigenvalue weighted by molar-refractivity contribution is 7.90. The van der Waals surface area contributed by atoms with Crippen LogP contribution in [0.4, 0.5) is 0 Å². The van der Waals surface area contributed by atoms with E-state index in [4.69, 9.17) is 0 Å². The fraction of sp³-hybridized carbons (Fsp3) is 0.500. The third-order valence-corrected chi connectivity index (χ3v) is 3.66. The van der Waals surface area contributed by atoms with Gasteiger partial charge in [0.05, 0.1) is 4.90 Å². The van der Waals surface area contributed by atoms with Crippen LogP contribution in [0.25, 0.3) is 0 Å². The Balaban J connectivity index is 3.32. The van der Waals surface area contributed by atoms with Crippen LogP contribution in [0.15, 0.2) is 23.1 Å². The van der Waals surface area contributed by atoms with Crippen LogP contribution >= 0.6 is 0 Å². The Kier molecular flexibility index (Phi) is 3.55. The van der Waals surface area contributed by atoms with Gasteiger partial charge in [0.25, 0.3) is 0 Å². The predicted octanol–water partition coefficient (Wildman–Crippen LogP) is 2.78. The highest BCUT2D eigenvalue weighted by Gasteiger charge is 2.11. The predicted molar refractivity (Wildman–Crippen MR) is 63.0 cm³/mol. The minimum Gasteiger partial charge on any atom is -0.224 e. The van der Waals surface area contributed by atoms with Gasteiger partial charge >= 0.3 is 0 Å². The van der Waals surface area contributed by atoms with Crippen LogP contribution in [0.2, 0.25) is 0 Å². The van der Waals surface area contributed by atoms with Gasteiger partial charge in [0, 0.05) is 6.26 Å². The number of aryl methyl sites for hydroxylation is 1. The Morgan fingerprint density at radius 2 is 1.87 bits per heavy atom. The maximum Gasteiger partial charge on any atom is 0.175 e. The Morgan fingerprint density at radius 1 is 1.27 bits per heavy atom. The van der Waals surface area contributed by atoms with Crippen molar-refractivity contribution in [1.82, 2.24) is 0 Å². The fourth-order valence-corrected chi connectivity index (χ4v) is 2.35. The van der Waals surface area contributed by atoms with Gasteiger partial charge in [-0.3, -0.25) is 0 Å². The molecule has 0 spiro atoms. The first kappa shape index (κ1) is 12.2. The van der Waals surface area contributed by atoms with Crippen molar-refractivity contribution in [3.8, 4) is 0 Å². The molecule has 0 aliphatic carbocycles. The second kappa shape index (κ2) is 4.35. The number of benzene rings is 1. The first-order chi connectivity index (χ1) is 6.86. The Morgan fingerprint density at radius 3 is 2.27 bits per heavy atom. The van der Waals surface area contributed by atoms with Crippen LogP contribution in [0, 0.1) is 0 Å². The highest BCUT2D eigenvalue weighted by Crippen LogP contribution is 2.23. The van der Waals surface area contributed by atoms with Crippen LogP contribution in [0.1, 0.15) is 37.8 Å². The Labute approximate surface area is 92.2 Å². The van der Waals surface area contributed by atoms with E-state index in [0.717, 1.165) is 12.0 Å². The monoisotopic (exact) mass is 226 g/mol. The fourth-order valence-electron chi connectivity index (χ4n) is 1.68. The van der Waals surface area contributed by atoms with E-state index in [9.17, 15) is 8.42 Å². The van der Waals surface area contributed by atoms with Crippen LogP contribution in [-0.4, -0.2) is 14.7 Å². The van der Waals surface area contributed by atoms with Gasteiger partial charge < -0.3 is 0 Å². The molecular formula is C12H18O2S. The van der Waals surface area contributed by atoms with Crippen molar-refractivity contribution in [3.05, 3.63) is 29.3 Å². The number of hydrogen-bond donors (Lipinski definition) is 0. The summed E-state index contributed by atoms with van der Waals surface area (Å²) in [6.07, 6.45) is 2.12. The Hall–Kier alpha value is -0.830. The zero-order valence-electron chi connectivity index (χ0n) is 9.74. The van der Waals surface area contributed by atoms with E-state index in [1.165, 1.54) is 11.8 Å². The van der Waals surface area contributed by atoms with E-state index in [2.05, 4.69) is 13.8 Å². The van der Waals surface area contributed by atoms with Gasteiger partial charge in [-0.05, 0) is 35.6 Å². The first-order valence-electron chi connectivity index (χ1n) is 5.19. The molecule has 1 rings (SSSR count). The minimum atomic E-state index is -3.08. The van der Waals surface area contributed by atoms with E-state index < -0.39 is 9.84 Å². The largest absolute Gasteiger partial charge is 0.224 e. The lowest BCUT2D eigenvalue weighted by atomic mass is 9.96. The van der Waals surface area contributed by atoms with E-state index in [1.807, 2.05) is 13.0 Å². The molecule has 0 bridgehead atoms. The summed E-state index contributed by atoms with van der Waals surface area (Å²) in [5.41, 5.74) is 2.37. The van der Waals surface area contributed by atoms with Crippen LogP contribution < -0.4 is 0 Å². The molecule has 0 aliphatic heterocycles. The summed E-state index contributed by atoms with van der Waals surface area (Å²) in [6.45, 7) is 6.29. The zero-order valence-corrected chi connectivity index (χ0v) is 10.6. The molecule has 0 unspecified atom stereocenters. The average molecular weight is 226 g/mol. The zero-order chi connectivity index (χ0) is 11.6. The SMILES string of the molecule is CCc1cc(S(C)(=O)=O)ccc1C(C)C. The molecule has 1 aromatic carbocycles. The molecule has 1 aromatic rings. The molecule has 0 saturated carbocycles. The Bertz CT molecular complexity index is 445. The minimum absolute atomic E-state index is 0.420. The van der Waals surface area contributed by atoms with Gasteiger partial charge in [-0.15, -0.1) is 0 Å². The molecule has 0 saturated heterocycles. The van der Waals surface area contributed by atoms with Crippen molar-refractivity contribution in [2.45, 2.75) is 38.0 Å². The van der Waals surface area contributed by atoms with E-state index in [1.54, 1.807) is 12.1 Å². The van der Waals surface area contributed by atoms with Crippen molar-refractivity contribution in [2.75, 3.05) is 6.26 Å². The third kappa shape index (κ3) is 2.81. The topological polar surface area (TPSA) is 34.1 Å². The van der Waals surface area contributed by atoms with Gasteiger partial charge in [-0.1, -0.05) is 26.8 Å². The molecule has 84 valence electrons. The van der Waals surface area contributed by atoms with Crippen LogP contribution in [0.5, 0.6) is 0 Å². The quantitative estimate of drug-likeness (QED) is 0.794. The summed E-state index contributed by atoms with van der Waals surface area (Å²) in [4.78, 5) is 0.420. The normalized spacial score (nSPS) is 12.1. The lowest BCUT2D eigenvalue weighted by Gasteiger charge is -2.12. The number of hydrogen-bond acceptors (Lipinski definition) is 2. The molecule has 0 aliphatic rings. The van der Waals surface area contributed by atoms with Crippen molar-refractivity contribution >= 4 is 9.84 Å². The van der Waals surface area contributed by atoms with Gasteiger partial charge in [-0.2, -0.15) is 0 Å². The van der Waals surface area contributed by atoms with Gasteiger partial charge in [-0.25, -0.2) is 8.42 Å². The van der Waals surface area contributed by atoms with E-state index in [0.29, 0.717) is 10.8 Å². The summed E-state index contributed by atoms with van der Waals surface area (Å²) in [6, 6.07) is 5.42. The molecule has 2 nitrogen and oxygen atoms in total. The van der Waals surface area contributed by atoms with Gasteiger partial charge in [0.2, 0.25) is 0 Å². The molecule has 0 fully saturated rings. The summed E-state index contributed by atoms with van der Waals surface area (Å²) in [5, 5.41) is 0. The van der Waals surface area contributed by atoms with Crippen LogP contribution in [-0.2, 0) is 16.3 Å². The van der Waals surface area contributed by atoms with Crippen molar-refractivity contribution in [2.24, 2.45) is 0 Å². The van der Waals surface area contributed by atoms with Crippen LogP contribution in [0.3, 0.4) is 0 Å². The molecule has 3 heteroatoms. The molecule has 0 amide bonds. The third-order valence-electron chi connectivity index (χ3n) is 2.55. The summed E-state index contributed by atoms with van der Waals surface area (Å²) < 4.78 is 22.8. The van der Waals surface area contributed by atoms with Crippen molar-refractivity contribution in [1.29, 1.82) is 0 Å². The smallest absolute Gasteiger partial charge is 0.175 e. The van der Waals surface area contributed by atoms with Gasteiger partial charge in [0.1, 0.15) is 0 Å². The van der Waals surface area contributed by atoms with Crippen molar-refractivity contribution < 1.29 is 8.42 Å². The number of rotatable bonds is 3. The highest BCUT2D eigenvalue weighted by atomic mass is 32.2. The summed E-state index contributed by atoms with van der Waals surface area (Å²) in [7, 11) is -3.08. The standard InChI is InChI=1S/C12H18O2S/c1-5-10-8-11(15(4,13)14)6-7-12(10)9(2)3/h6-9H,5H2,1-4H3. The second-order valence-corrected chi connectivity index (χ2v) is 6.16. The molecule has 0 N–H and O–H groups in total. The molecule has 15 heavy (non-hydrogen) atoms. The molecule has 0 aromatic heterocycles. The maximum absolute atomic E-state index is 11.4. The summed E-state index contributed by atoms with van der Waals surface area (Å²) in [5.74, 6) is 0.438. The second-order valence-electron chi connectivity index (χ2n) is 4.14. The first-order valence-corrected chi connectivity index (χ1v) is 7.08. The molecule has 0 atom stereocenters. The molecular weight excluding hydrogens is 208 g/mol. The van der Waals surface area contributed by atoms with Gasteiger partial charge in [0.15, 0.2) is 9.84 Å². The molecule has 0 radical (unpaired) electrons. The van der Waals surface area contributed by atoms with E-state index >= 15 is 0 Å².